The molecule has 1 heterocycles. The average molecular weight is 560 g/mol. The van der Waals surface area contributed by atoms with Crippen molar-refractivity contribution >= 4 is 29.9 Å². The first kappa shape index (κ1) is 26.4. The van der Waals surface area contributed by atoms with Crippen LogP contribution in [0.5, 0.6) is 0 Å². The maximum atomic E-state index is 13.9. The molecule has 3 rings (SSSR count). The summed E-state index contributed by atoms with van der Waals surface area (Å²) in [6, 6.07) is 12.6. The third kappa shape index (κ3) is 7.65. The monoisotopic (exact) mass is 560 g/mol. The van der Waals surface area contributed by atoms with Gasteiger partial charge >= 0.3 is 0 Å². The van der Waals surface area contributed by atoms with Crippen molar-refractivity contribution in [3.05, 3.63) is 71.3 Å². The number of halogens is 3. The van der Waals surface area contributed by atoms with Crippen molar-refractivity contribution in [2.45, 2.75) is 19.1 Å². The summed E-state index contributed by atoms with van der Waals surface area (Å²) in [7, 11) is 0. The van der Waals surface area contributed by atoms with Crippen LogP contribution in [0.25, 0.3) is 0 Å². The minimum atomic E-state index is -1.00. The van der Waals surface area contributed by atoms with Crippen molar-refractivity contribution in [3.63, 3.8) is 0 Å². The fraction of sp³-hybridized carbons (Fsp3) is 0.435. The summed E-state index contributed by atoms with van der Waals surface area (Å²) in [5, 5.41) is 16.6. The van der Waals surface area contributed by atoms with Crippen LogP contribution < -0.4 is 10.6 Å². The van der Waals surface area contributed by atoms with E-state index in [4.69, 9.17) is 4.74 Å². The zero-order chi connectivity index (χ0) is 22.1. The number of aliphatic hydroxyl groups is 1. The number of rotatable bonds is 8. The fourth-order valence-electron chi connectivity index (χ4n) is 3.57. The van der Waals surface area contributed by atoms with E-state index in [1.165, 1.54) is 18.2 Å². The van der Waals surface area contributed by atoms with E-state index in [2.05, 4.69) is 20.5 Å². The number of hydrogen-bond donors (Lipinski definition) is 3. The fourth-order valence-corrected chi connectivity index (χ4v) is 3.57. The first-order valence-electron chi connectivity index (χ1n) is 10.6. The van der Waals surface area contributed by atoms with Gasteiger partial charge in [-0.15, -0.1) is 24.0 Å². The molecule has 1 aliphatic rings. The van der Waals surface area contributed by atoms with Crippen LogP contribution in [0, 0.1) is 11.6 Å². The number of morpholine rings is 1. The second-order valence-corrected chi connectivity index (χ2v) is 7.35. The molecule has 2 unspecified atom stereocenters. The van der Waals surface area contributed by atoms with Crippen LogP contribution in [0.4, 0.5) is 8.78 Å². The zero-order valence-corrected chi connectivity index (χ0v) is 20.5. The highest BCUT2D eigenvalue weighted by atomic mass is 127. The van der Waals surface area contributed by atoms with Crippen molar-refractivity contribution in [2.75, 3.05) is 45.9 Å². The minimum absolute atomic E-state index is 0. The lowest BCUT2D eigenvalue weighted by molar-refractivity contribution is 0.0179. The van der Waals surface area contributed by atoms with Gasteiger partial charge in [-0.3, -0.25) is 9.89 Å². The van der Waals surface area contributed by atoms with E-state index in [9.17, 15) is 13.9 Å². The molecular formula is C23H31F2IN4O2. The summed E-state index contributed by atoms with van der Waals surface area (Å²) >= 11 is 0. The maximum Gasteiger partial charge on any atom is 0.191 e. The number of nitrogens with one attached hydrogen (secondary N) is 2. The van der Waals surface area contributed by atoms with Gasteiger partial charge in [0.1, 0.15) is 11.6 Å². The standard InChI is InChI=1S/C23H30F2N4O2.HI/c1-2-26-23(28-16-22(30)19-5-3-4-6-20(19)25)27-15-21(29-11-13-31-14-12-29)17-7-9-18(24)10-8-17;/h3-10,21-22,30H,2,11-16H2,1H3,(H2,26,27,28);1H. The molecule has 32 heavy (non-hydrogen) atoms. The van der Waals surface area contributed by atoms with Crippen molar-refractivity contribution in [1.29, 1.82) is 0 Å². The Morgan fingerprint density at radius 3 is 2.44 bits per heavy atom. The zero-order valence-electron chi connectivity index (χ0n) is 18.1. The summed E-state index contributed by atoms with van der Waals surface area (Å²) in [6.07, 6.45) is -1.00. The average Bonchev–Trinajstić information content (AvgIpc) is 2.79. The number of aliphatic imine (C=N–C) groups is 1. The topological polar surface area (TPSA) is 69.1 Å². The largest absolute Gasteiger partial charge is 0.386 e. The summed E-state index contributed by atoms with van der Waals surface area (Å²) in [6.45, 7) is 5.98. The molecule has 6 nitrogen and oxygen atoms in total. The summed E-state index contributed by atoms with van der Waals surface area (Å²) in [5.41, 5.74) is 1.22. The highest BCUT2D eigenvalue weighted by Gasteiger charge is 2.23. The van der Waals surface area contributed by atoms with Gasteiger partial charge in [0.25, 0.3) is 0 Å². The van der Waals surface area contributed by atoms with Gasteiger partial charge in [-0.2, -0.15) is 0 Å². The molecule has 176 valence electrons. The van der Waals surface area contributed by atoms with Gasteiger partial charge in [0.2, 0.25) is 0 Å². The molecule has 1 fully saturated rings. The molecular weight excluding hydrogens is 529 g/mol. The molecule has 9 heteroatoms. The van der Waals surface area contributed by atoms with Crippen LogP contribution in [0.2, 0.25) is 0 Å². The van der Waals surface area contributed by atoms with E-state index in [-0.39, 0.29) is 47.9 Å². The SMILES string of the molecule is CCNC(=NCC(c1ccc(F)cc1)N1CCOCC1)NCC(O)c1ccccc1F.I. The van der Waals surface area contributed by atoms with Gasteiger partial charge in [-0.25, -0.2) is 8.78 Å². The molecule has 0 amide bonds. The molecule has 1 aliphatic heterocycles. The third-order valence-electron chi connectivity index (χ3n) is 5.23. The number of nitrogens with zero attached hydrogens (tertiary/aromatic N) is 2. The second-order valence-electron chi connectivity index (χ2n) is 7.35. The van der Waals surface area contributed by atoms with E-state index in [1.54, 1.807) is 30.3 Å². The predicted molar refractivity (Wildman–Crippen MR) is 132 cm³/mol. The van der Waals surface area contributed by atoms with E-state index in [1.807, 2.05) is 6.92 Å². The van der Waals surface area contributed by atoms with Gasteiger partial charge in [0.15, 0.2) is 5.96 Å². The van der Waals surface area contributed by atoms with Crippen molar-refractivity contribution in [3.8, 4) is 0 Å². The second kappa shape index (κ2) is 13.7. The van der Waals surface area contributed by atoms with Crippen molar-refractivity contribution in [1.82, 2.24) is 15.5 Å². The van der Waals surface area contributed by atoms with E-state index in [0.29, 0.717) is 32.3 Å². The molecule has 3 N–H and O–H groups in total. The molecule has 0 saturated carbocycles. The molecule has 0 radical (unpaired) electrons. The van der Waals surface area contributed by atoms with Gasteiger partial charge in [-0.05, 0) is 30.7 Å². The van der Waals surface area contributed by atoms with Crippen LogP contribution in [-0.4, -0.2) is 61.9 Å². The Balaban J connectivity index is 0.00000363. The highest BCUT2D eigenvalue weighted by Crippen LogP contribution is 2.23. The summed E-state index contributed by atoms with van der Waals surface area (Å²) in [4.78, 5) is 6.96. The normalized spacial score (nSPS) is 16.7. The Kier molecular flexibility index (Phi) is 11.3. The van der Waals surface area contributed by atoms with E-state index < -0.39 is 11.9 Å². The maximum absolute atomic E-state index is 13.9. The number of aliphatic hydroxyl groups excluding tert-OH is 1. The lowest BCUT2D eigenvalue weighted by atomic mass is 10.0. The van der Waals surface area contributed by atoms with Gasteiger partial charge in [-0.1, -0.05) is 30.3 Å². The third-order valence-corrected chi connectivity index (χ3v) is 5.23. The lowest BCUT2D eigenvalue weighted by Gasteiger charge is -2.34. The molecule has 2 atom stereocenters. The Bertz CT molecular complexity index is 848. The number of guanidine groups is 1. The van der Waals surface area contributed by atoms with Crippen molar-refractivity contribution in [2.24, 2.45) is 4.99 Å². The summed E-state index contributed by atoms with van der Waals surface area (Å²) in [5.74, 6) is -0.189. The van der Waals surface area contributed by atoms with Crippen molar-refractivity contribution < 1.29 is 18.6 Å². The molecule has 2 aromatic rings. The smallest absolute Gasteiger partial charge is 0.191 e. The minimum Gasteiger partial charge on any atom is -0.386 e. The van der Waals surface area contributed by atoms with E-state index >= 15 is 0 Å². The number of hydrogen-bond acceptors (Lipinski definition) is 4. The Morgan fingerprint density at radius 2 is 1.78 bits per heavy atom. The molecule has 2 aromatic carbocycles. The van der Waals surface area contributed by atoms with E-state index in [0.717, 1.165) is 18.7 Å². The first-order valence-corrected chi connectivity index (χ1v) is 10.6. The van der Waals surface area contributed by atoms with Crippen LogP contribution >= 0.6 is 24.0 Å². The number of ether oxygens (including phenoxy) is 1. The lowest BCUT2D eigenvalue weighted by Crippen LogP contribution is -2.42. The predicted octanol–water partition coefficient (Wildman–Crippen LogP) is 3.24. The summed E-state index contributed by atoms with van der Waals surface area (Å²) < 4.78 is 32.8. The van der Waals surface area contributed by atoms with Gasteiger partial charge < -0.3 is 20.5 Å². The Hall–Kier alpha value is -1.82. The molecule has 0 aliphatic carbocycles. The Morgan fingerprint density at radius 1 is 1.09 bits per heavy atom. The van der Waals surface area contributed by atoms with Crippen LogP contribution in [0.3, 0.4) is 0 Å². The number of benzene rings is 2. The van der Waals surface area contributed by atoms with Crippen LogP contribution in [0.15, 0.2) is 53.5 Å². The van der Waals surface area contributed by atoms with Crippen LogP contribution in [-0.2, 0) is 4.74 Å². The van der Waals surface area contributed by atoms with Gasteiger partial charge in [0, 0.05) is 31.7 Å². The van der Waals surface area contributed by atoms with Crippen LogP contribution in [0.1, 0.15) is 30.2 Å². The highest BCUT2D eigenvalue weighted by molar-refractivity contribution is 14.0. The first-order chi connectivity index (χ1) is 15.1. The Labute approximate surface area is 205 Å². The molecule has 0 spiro atoms. The molecule has 0 bridgehead atoms. The quantitative estimate of drug-likeness (QED) is 0.263. The van der Waals surface area contributed by atoms with Gasteiger partial charge in [0.05, 0.1) is 31.9 Å². The molecule has 0 aromatic heterocycles. The molecule has 1 saturated heterocycles.